The van der Waals surface area contributed by atoms with Crippen LogP contribution in [0.15, 0.2) is 12.4 Å². The van der Waals surface area contributed by atoms with E-state index in [0.717, 1.165) is 0 Å². The summed E-state index contributed by atoms with van der Waals surface area (Å²) < 4.78 is 0. The molecule has 1 rings (SSSR count). The molecule has 0 saturated heterocycles. The molecule has 0 fully saturated rings. The van der Waals surface area contributed by atoms with E-state index in [9.17, 15) is 9.90 Å². The quantitative estimate of drug-likeness (QED) is 0.633. The Kier molecular flexibility index (Phi) is 3.95. The van der Waals surface area contributed by atoms with Crippen molar-refractivity contribution in [1.82, 2.24) is 9.97 Å². The van der Waals surface area contributed by atoms with Crippen molar-refractivity contribution in [3.63, 3.8) is 0 Å². The summed E-state index contributed by atoms with van der Waals surface area (Å²) in [5, 5.41) is 17.9. The Balaban J connectivity index is 2.71. The van der Waals surface area contributed by atoms with Crippen LogP contribution in [0.4, 0.5) is 0 Å². The highest BCUT2D eigenvalue weighted by atomic mass is 16.4. The Morgan fingerprint density at radius 1 is 1.38 bits per heavy atom. The molecule has 5 nitrogen and oxygen atoms in total. The molecule has 0 saturated carbocycles. The zero-order valence-electron chi connectivity index (χ0n) is 9.49. The van der Waals surface area contributed by atoms with Gasteiger partial charge in [-0.05, 0) is 26.7 Å². The third kappa shape index (κ3) is 3.00. The van der Waals surface area contributed by atoms with E-state index in [1.165, 1.54) is 12.4 Å². The normalized spacial score (nSPS) is 11.4. The van der Waals surface area contributed by atoms with Gasteiger partial charge in [-0.15, -0.1) is 0 Å². The van der Waals surface area contributed by atoms with Crippen molar-refractivity contribution in [2.45, 2.75) is 33.3 Å². The van der Waals surface area contributed by atoms with Crippen molar-refractivity contribution in [1.29, 1.82) is 0 Å². The number of carbonyl (C=O) groups is 1. The van der Waals surface area contributed by atoms with E-state index in [4.69, 9.17) is 5.11 Å². The van der Waals surface area contributed by atoms with Crippen molar-refractivity contribution < 1.29 is 15.0 Å². The van der Waals surface area contributed by atoms with Crippen molar-refractivity contribution in [3.05, 3.63) is 23.8 Å². The number of hydrogen-bond donors (Lipinski definition) is 0. The molecule has 0 aromatic carbocycles. The van der Waals surface area contributed by atoms with Crippen LogP contribution in [0.2, 0.25) is 0 Å². The van der Waals surface area contributed by atoms with Crippen LogP contribution in [0.3, 0.4) is 0 Å². The van der Waals surface area contributed by atoms with Crippen LogP contribution in [0.5, 0.6) is 0 Å². The lowest BCUT2D eigenvalue weighted by molar-refractivity contribution is -0.387. The zero-order chi connectivity index (χ0) is 12.2. The summed E-state index contributed by atoms with van der Waals surface area (Å²) in [4.78, 5) is 19.0. The maximum Gasteiger partial charge on any atom is 0.521 e. The van der Waals surface area contributed by atoms with Gasteiger partial charge < -0.3 is 10.2 Å². The first-order valence-electron chi connectivity index (χ1n) is 5.10. The lowest BCUT2D eigenvalue weighted by atomic mass is 9.87. The molecule has 0 radical (unpaired) electrons. The Labute approximate surface area is 94.2 Å². The standard InChI is InChI=1S/C11H15N2O3/c1-11(2,10(15)16)4-3-8-9(7-14)13-6-5-12-8/h5-6H,3-4,7H2,1-2H3,(H,15,16)/q-1/p+1. The van der Waals surface area contributed by atoms with Gasteiger partial charge in [0.1, 0.15) is 5.41 Å². The topological polar surface area (TPSA) is 88.8 Å². The molecule has 0 aliphatic heterocycles. The predicted octanol–water partition coefficient (Wildman–Crippen LogP) is -0.453. The maximum absolute atomic E-state index is 11.0. The van der Waals surface area contributed by atoms with Crippen molar-refractivity contribution in [2.24, 2.45) is 5.41 Å². The van der Waals surface area contributed by atoms with E-state index in [0.29, 0.717) is 24.2 Å². The van der Waals surface area contributed by atoms with Gasteiger partial charge in [0.2, 0.25) is 0 Å². The second-order valence-corrected chi connectivity index (χ2v) is 4.31. The summed E-state index contributed by atoms with van der Waals surface area (Å²) in [6, 6.07) is 0. The van der Waals surface area contributed by atoms with E-state index in [1.807, 2.05) is 0 Å². The first kappa shape index (κ1) is 12.6. The fraction of sp³-hybridized carbons (Fsp3) is 0.545. The second kappa shape index (κ2) is 5.03. The van der Waals surface area contributed by atoms with Crippen LogP contribution >= 0.6 is 0 Å². The molecule has 1 aromatic rings. The van der Waals surface area contributed by atoms with Crippen molar-refractivity contribution >= 4 is 5.97 Å². The molecule has 0 spiro atoms. The van der Waals surface area contributed by atoms with Gasteiger partial charge in [-0.25, -0.2) is 0 Å². The molecule has 1 aromatic heterocycles. The van der Waals surface area contributed by atoms with Gasteiger partial charge in [-0.3, -0.25) is 9.97 Å². The minimum Gasteiger partial charge on any atom is -0.850 e. The zero-order valence-corrected chi connectivity index (χ0v) is 9.49. The smallest absolute Gasteiger partial charge is 0.521 e. The number of nitrogens with zero attached hydrogens (tertiary/aromatic N) is 2. The summed E-state index contributed by atoms with van der Waals surface area (Å²) in [6.45, 7) is 3.03. The minimum atomic E-state index is -0.697. The van der Waals surface area contributed by atoms with Crippen LogP contribution < -0.4 is 5.11 Å². The lowest BCUT2D eigenvalue weighted by Gasteiger charge is -2.15. The molecule has 0 unspecified atom stereocenters. The molecule has 0 atom stereocenters. The van der Waals surface area contributed by atoms with Crippen molar-refractivity contribution in [2.75, 3.05) is 0 Å². The molecular formula is C11H16N2O3. The summed E-state index contributed by atoms with van der Waals surface area (Å²) in [7, 11) is 0. The third-order valence-corrected chi connectivity index (χ3v) is 2.60. The summed E-state index contributed by atoms with van der Waals surface area (Å²) >= 11 is 0. The number of carbonyl (C=O) groups excluding carboxylic acids is 1. The summed E-state index contributed by atoms with van der Waals surface area (Å²) in [5.74, 6) is -0.597. The van der Waals surface area contributed by atoms with Crippen LogP contribution in [0.1, 0.15) is 31.7 Å². The number of rotatable bonds is 5. The molecule has 88 valence electrons. The average Bonchev–Trinajstić information content (AvgIpc) is 2.26. The molecule has 16 heavy (non-hydrogen) atoms. The fourth-order valence-corrected chi connectivity index (χ4v) is 1.27. The monoisotopic (exact) mass is 224 g/mol. The van der Waals surface area contributed by atoms with E-state index in [1.54, 1.807) is 13.8 Å². The van der Waals surface area contributed by atoms with Crippen molar-refractivity contribution in [3.8, 4) is 0 Å². The third-order valence-electron chi connectivity index (χ3n) is 2.60. The van der Waals surface area contributed by atoms with Gasteiger partial charge in [-0.2, -0.15) is 0 Å². The Morgan fingerprint density at radius 3 is 2.44 bits per heavy atom. The molecule has 2 N–H and O–H groups in total. The second-order valence-electron chi connectivity index (χ2n) is 4.31. The van der Waals surface area contributed by atoms with Gasteiger partial charge >= 0.3 is 5.97 Å². The molecular weight excluding hydrogens is 208 g/mol. The van der Waals surface area contributed by atoms with E-state index < -0.39 is 18.0 Å². The van der Waals surface area contributed by atoms with E-state index >= 15 is 0 Å². The summed E-state index contributed by atoms with van der Waals surface area (Å²) in [5.41, 5.74) is 0.361. The van der Waals surface area contributed by atoms with Crippen LogP contribution in [0, 0.1) is 5.41 Å². The average molecular weight is 224 g/mol. The highest BCUT2D eigenvalue weighted by Gasteiger charge is 2.34. The van der Waals surface area contributed by atoms with Crippen LogP contribution in [0.25, 0.3) is 0 Å². The SMILES string of the molecule is CC(C)(CCc1nccnc1C[O-])C(=O)[OH2+]. The lowest BCUT2D eigenvalue weighted by Crippen LogP contribution is -2.24. The van der Waals surface area contributed by atoms with E-state index in [-0.39, 0.29) is 0 Å². The minimum absolute atomic E-state index is 0.404. The fourth-order valence-electron chi connectivity index (χ4n) is 1.27. The molecule has 5 heteroatoms. The van der Waals surface area contributed by atoms with Gasteiger partial charge in [0, 0.05) is 22.9 Å². The molecule has 0 aliphatic carbocycles. The van der Waals surface area contributed by atoms with Crippen LogP contribution in [-0.4, -0.2) is 21.0 Å². The van der Waals surface area contributed by atoms with Gasteiger partial charge in [-0.1, -0.05) is 6.61 Å². The highest BCUT2D eigenvalue weighted by Crippen LogP contribution is 2.22. The Bertz CT molecular complexity index is 377. The Hall–Kier alpha value is -1.49. The number of aryl methyl sites for hydroxylation is 1. The predicted molar refractivity (Wildman–Crippen MR) is 56.5 cm³/mol. The largest absolute Gasteiger partial charge is 0.850 e. The molecule has 1 heterocycles. The molecule has 0 aliphatic rings. The van der Waals surface area contributed by atoms with Crippen LogP contribution in [-0.2, 0) is 17.8 Å². The molecule has 0 amide bonds. The number of hydrogen-bond acceptors (Lipinski definition) is 4. The summed E-state index contributed by atoms with van der Waals surface area (Å²) in [6.07, 6.45) is 4.02. The van der Waals surface area contributed by atoms with Gasteiger partial charge in [0.15, 0.2) is 0 Å². The first-order chi connectivity index (χ1) is 7.47. The molecule has 0 bridgehead atoms. The number of aromatic nitrogens is 2. The van der Waals surface area contributed by atoms with E-state index in [2.05, 4.69) is 9.97 Å². The highest BCUT2D eigenvalue weighted by molar-refractivity contribution is 5.73. The van der Waals surface area contributed by atoms with Gasteiger partial charge in [0.25, 0.3) is 0 Å². The first-order valence-corrected chi connectivity index (χ1v) is 5.10. The van der Waals surface area contributed by atoms with Gasteiger partial charge in [0.05, 0.1) is 5.69 Å². The maximum atomic E-state index is 11.0. The Morgan fingerprint density at radius 2 is 1.94 bits per heavy atom.